The Kier molecular flexibility index (Phi) is 5.68. The van der Waals surface area contributed by atoms with Crippen molar-refractivity contribution in [1.29, 1.82) is 0 Å². The number of rotatable bonds is 7. The van der Waals surface area contributed by atoms with Crippen LogP contribution in [0.3, 0.4) is 0 Å². The van der Waals surface area contributed by atoms with E-state index in [4.69, 9.17) is 9.47 Å². The molecule has 112 valence electrons. The van der Waals surface area contributed by atoms with Crippen LogP contribution in [0.5, 0.6) is 0 Å². The van der Waals surface area contributed by atoms with Crippen molar-refractivity contribution in [3.05, 3.63) is 23.8 Å². The average Bonchev–Trinajstić information content (AvgIpc) is 2.48. The second kappa shape index (κ2) is 7.50. The van der Waals surface area contributed by atoms with Gasteiger partial charge >= 0.3 is 0 Å². The molecule has 1 aliphatic heterocycles. The molecule has 4 nitrogen and oxygen atoms in total. The maximum atomic E-state index is 5.30. The Morgan fingerprint density at radius 1 is 1.30 bits per heavy atom. The van der Waals surface area contributed by atoms with Gasteiger partial charge < -0.3 is 19.7 Å². The van der Waals surface area contributed by atoms with Crippen molar-refractivity contribution in [2.75, 3.05) is 50.7 Å². The molecular weight excluding hydrogens is 252 g/mol. The lowest BCUT2D eigenvalue weighted by Gasteiger charge is -2.32. The minimum absolute atomic E-state index is 0.330. The molecule has 1 unspecified atom stereocenters. The van der Waals surface area contributed by atoms with Crippen LogP contribution in [0.25, 0.3) is 0 Å². The normalized spacial score (nSPS) is 15.3. The van der Waals surface area contributed by atoms with Gasteiger partial charge in [-0.2, -0.15) is 0 Å². The molecule has 0 aliphatic carbocycles. The molecule has 0 amide bonds. The summed E-state index contributed by atoms with van der Waals surface area (Å²) in [6.07, 6.45) is 2.40. The van der Waals surface area contributed by atoms with Crippen LogP contribution in [0.15, 0.2) is 18.2 Å². The summed E-state index contributed by atoms with van der Waals surface area (Å²) in [6.45, 7) is 5.57. The summed E-state index contributed by atoms with van der Waals surface area (Å²) in [5.41, 5.74) is 3.94. The van der Waals surface area contributed by atoms with E-state index in [1.54, 1.807) is 14.2 Å². The molecule has 1 heterocycles. The average molecular weight is 278 g/mol. The molecule has 1 atom stereocenters. The summed E-state index contributed by atoms with van der Waals surface area (Å²) >= 11 is 0. The van der Waals surface area contributed by atoms with Crippen LogP contribution in [0.2, 0.25) is 0 Å². The quantitative estimate of drug-likeness (QED) is 0.831. The zero-order chi connectivity index (χ0) is 14.4. The maximum Gasteiger partial charge on any atom is 0.0663 e. The molecule has 0 radical (unpaired) electrons. The smallest absolute Gasteiger partial charge is 0.0663 e. The predicted octanol–water partition coefficient (Wildman–Crippen LogP) is 2.53. The van der Waals surface area contributed by atoms with Crippen molar-refractivity contribution in [1.82, 2.24) is 0 Å². The van der Waals surface area contributed by atoms with Crippen molar-refractivity contribution in [3.8, 4) is 0 Å². The van der Waals surface area contributed by atoms with Crippen molar-refractivity contribution >= 4 is 11.4 Å². The van der Waals surface area contributed by atoms with Crippen LogP contribution in [-0.4, -0.2) is 46.6 Å². The minimum Gasteiger partial charge on any atom is -0.385 e. The third-order valence-electron chi connectivity index (χ3n) is 3.84. The fraction of sp³-hybridized carbons (Fsp3) is 0.625. The van der Waals surface area contributed by atoms with Crippen LogP contribution in [0.4, 0.5) is 11.4 Å². The Bertz CT molecular complexity index is 423. The third kappa shape index (κ3) is 3.64. The fourth-order valence-electron chi connectivity index (χ4n) is 2.75. The first kappa shape index (κ1) is 15.1. The Hall–Kier alpha value is -1.26. The molecule has 1 aliphatic rings. The zero-order valence-corrected chi connectivity index (χ0v) is 12.8. The molecule has 4 heteroatoms. The second-order valence-corrected chi connectivity index (χ2v) is 5.36. The number of fused-ring (bicyclic) bond motifs is 1. The number of hydrogen-bond donors (Lipinski definition) is 1. The first-order valence-electron chi connectivity index (χ1n) is 7.37. The fourth-order valence-corrected chi connectivity index (χ4v) is 2.75. The van der Waals surface area contributed by atoms with Gasteiger partial charge in [0, 0.05) is 44.7 Å². The van der Waals surface area contributed by atoms with Gasteiger partial charge in [0.05, 0.1) is 13.2 Å². The lowest BCUT2D eigenvalue weighted by atomic mass is 10.0. The minimum atomic E-state index is 0.330. The molecule has 1 aromatic carbocycles. The Morgan fingerprint density at radius 2 is 2.15 bits per heavy atom. The molecule has 0 spiro atoms. The number of benzene rings is 1. The molecule has 0 bridgehead atoms. The summed E-state index contributed by atoms with van der Waals surface area (Å²) in [4.78, 5) is 2.35. The van der Waals surface area contributed by atoms with E-state index in [0.717, 1.165) is 19.7 Å². The Balaban J connectivity index is 2.18. The molecule has 0 aromatic heterocycles. The molecule has 0 saturated heterocycles. The standard InChI is InChI=1S/C16H26N2O2/c1-13(12-20-3)18(9-10-19-2)15-7-6-14-5-4-8-17-16(14)11-15/h6-7,11,13,17H,4-5,8-10,12H2,1-3H3. The van der Waals surface area contributed by atoms with E-state index in [2.05, 4.69) is 35.3 Å². The molecule has 1 aromatic rings. The highest BCUT2D eigenvalue weighted by atomic mass is 16.5. The first-order valence-corrected chi connectivity index (χ1v) is 7.37. The number of methoxy groups -OCH3 is 2. The summed E-state index contributed by atoms with van der Waals surface area (Å²) in [5, 5.41) is 3.50. The highest BCUT2D eigenvalue weighted by Crippen LogP contribution is 2.28. The number of nitrogens with zero attached hydrogens (tertiary/aromatic N) is 1. The van der Waals surface area contributed by atoms with E-state index in [0.29, 0.717) is 12.6 Å². The van der Waals surface area contributed by atoms with Crippen LogP contribution < -0.4 is 10.2 Å². The van der Waals surface area contributed by atoms with Gasteiger partial charge in [0.2, 0.25) is 0 Å². The molecule has 2 rings (SSSR count). The SMILES string of the molecule is COCCN(c1ccc2c(c1)NCCC2)C(C)COC. The molecule has 0 saturated carbocycles. The van der Waals surface area contributed by atoms with Gasteiger partial charge in [-0.15, -0.1) is 0 Å². The van der Waals surface area contributed by atoms with Gasteiger partial charge in [0.25, 0.3) is 0 Å². The van der Waals surface area contributed by atoms with E-state index >= 15 is 0 Å². The molecule has 1 N–H and O–H groups in total. The number of nitrogens with one attached hydrogen (secondary N) is 1. The monoisotopic (exact) mass is 278 g/mol. The van der Waals surface area contributed by atoms with Gasteiger partial charge in [0.1, 0.15) is 0 Å². The summed E-state index contributed by atoms with van der Waals surface area (Å²) in [6, 6.07) is 7.05. The van der Waals surface area contributed by atoms with E-state index in [9.17, 15) is 0 Å². The zero-order valence-electron chi connectivity index (χ0n) is 12.8. The molecule has 0 fully saturated rings. The van der Waals surface area contributed by atoms with Crippen molar-refractivity contribution in [3.63, 3.8) is 0 Å². The highest BCUT2D eigenvalue weighted by Gasteiger charge is 2.17. The lowest BCUT2D eigenvalue weighted by Crippen LogP contribution is -2.38. The lowest BCUT2D eigenvalue weighted by molar-refractivity contribution is 0.171. The highest BCUT2D eigenvalue weighted by molar-refractivity contribution is 5.63. The third-order valence-corrected chi connectivity index (χ3v) is 3.84. The van der Waals surface area contributed by atoms with Crippen molar-refractivity contribution < 1.29 is 9.47 Å². The van der Waals surface area contributed by atoms with Crippen LogP contribution in [-0.2, 0) is 15.9 Å². The Morgan fingerprint density at radius 3 is 2.90 bits per heavy atom. The number of anilines is 2. The van der Waals surface area contributed by atoms with E-state index in [1.165, 1.54) is 29.8 Å². The van der Waals surface area contributed by atoms with Crippen LogP contribution >= 0.6 is 0 Å². The van der Waals surface area contributed by atoms with E-state index in [-0.39, 0.29) is 0 Å². The van der Waals surface area contributed by atoms with Gasteiger partial charge in [0.15, 0.2) is 0 Å². The summed E-state index contributed by atoms with van der Waals surface area (Å²) in [5.74, 6) is 0. The van der Waals surface area contributed by atoms with Crippen LogP contribution in [0.1, 0.15) is 18.9 Å². The number of aryl methyl sites for hydroxylation is 1. The first-order chi connectivity index (χ1) is 9.76. The van der Waals surface area contributed by atoms with E-state index in [1.807, 2.05) is 0 Å². The largest absolute Gasteiger partial charge is 0.385 e. The summed E-state index contributed by atoms with van der Waals surface area (Å²) < 4.78 is 10.5. The maximum absolute atomic E-state index is 5.30. The van der Waals surface area contributed by atoms with Crippen LogP contribution in [0, 0.1) is 0 Å². The van der Waals surface area contributed by atoms with Gasteiger partial charge in [-0.25, -0.2) is 0 Å². The van der Waals surface area contributed by atoms with E-state index < -0.39 is 0 Å². The number of hydrogen-bond acceptors (Lipinski definition) is 4. The second-order valence-electron chi connectivity index (χ2n) is 5.36. The van der Waals surface area contributed by atoms with Gasteiger partial charge in [-0.1, -0.05) is 6.07 Å². The topological polar surface area (TPSA) is 33.7 Å². The van der Waals surface area contributed by atoms with Crippen molar-refractivity contribution in [2.45, 2.75) is 25.8 Å². The molecular formula is C16H26N2O2. The van der Waals surface area contributed by atoms with Gasteiger partial charge in [-0.05, 0) is 37.5 Å². The predicted molar refractivity (Wildman–Crippen MR) is 83.8 cm³/mol. The molecule has 20 heavy (non-hydrogen) atoms. The summed E-state index contributed by atoms with van der Waals surface area (Å²) in [7, 11) is 3.49. The van der Waals surface area contributed by atoms with Gasteiger partial charge in [-0.3, -0.25) is 0 Å². The Labute approximate surface area is 122 Å². The van der Waals surface area contributed by atoms with Crippen molar-refractivity contribution in [2.24, 2.45) is 0 Å². The number of ether oxygens (including phenoxy) is 2.